The molecule has 0 aliphatic carbocycles. The van der Waals surface area contributed by atoms with Gasteiger partial charge in [-0.3, -0.25) is 19.3 Å². The van der Waals surface area contributed by atoms with Crippen LogP contribution in [0.5, 0.6) is 0 Å². The molecule has 0 saturated carbocycles. The third-order valence-corrected chi connectivity index (χ3v) is 4.78. The molecule has 2 aliphatic rings. The lowest BCUT2D eigenvalue weighted by Gasteiger charge is -2.19. The van der Waals surface area contributed by atoms with E-state index in [0.29, 0.717) is 17.1 Å². The summed E-state index contributed by atoms with van der Waals surface area (Å²) in [6.45, 7) is 1.73. The monoisotopic (exact) mass is 347 g/mol. The van der Waals surface area contributed by atoms with E-state index in [4.69, 9.17) is 0 Å². The first-order valence-electron chi connectivity index (χ1n) is 8.44. The zero-order valence-corrected chi connectivity index (χ0v) is 14.2. The molecule has 4 rings (SSSR count). The molecular formula is C20H17N3O3. The number of carbonyl (C=O) groups excluding carboxylic acids is 3. The summed E-state index contributed by atoms with van der Waals surface area (Å²) >= 11 is 0. The molecule has 0 radical (unpaired) electrons. The molecule has 0 spiro atoms. The minimum absolute atomic E-state index is 0.0135. The van der Waals surface area contributed by atoms with Gasteiger partial charge in [0.15, 0.2) is 0 Å². The molecule has 0 aromatic heterocycles. The van der Waals surface area contributed by atoms with Crippen LogP contribution in [0.1, 0.15) is 13.3 Å². The number of nitrogens with zero attached hydrogens (tertiary/aromatic N) is 3. The highest BCUT2D eigenvalue weighted by molar-refractivity contribution is 6.25. The molecule has 2 atom stereocenters. The first-order valence-corrected chi connectivity index (χ1v) is 8.44. The van der Waals surface area contributed by atoms with Crippen molar-refractivity contribution in [3.8, 4) is 0 Å². The van der Waals surface area contributed by atoms with Crippen molar-refractivity contribution >= 4 is 34.8 Å². The van der Waals surface area contributed by atoms with Crippen LogP contribution in [0.15, 0.2) is 65.8 Å². The van der Waals surface area contributed by atoms with Crippen molar-refractivity contribution in [2.75, 3.05) is 9.91 Å². The second-order valence-electron chi connectivity index (χ2n) is 6.42. The Balaban J connectivity index is 1.63. The minimum atomic E-state index is -0.715. The van der Waals surface area contributed by atoms with Gasteiger partial charge >= 0.3 is 0 Å². The first kappa shape index (κ1) is 16.2. The number of carbonyl (C=O) groups is 3. The number of amides is 3. The van der Waals surface area contributed by atoms with Gasteiger partial charge in [-0.15, -0.1) is 0 Å². The molecule has 6 heteroatoms. The SMILES string of the molecule is CC1=NN(c2ccccc2)C(=O)C1C1CC(=O)N(c2ccccc2)C1=O. The molecular weight excluding hydrogens is 330 g/mol. The van der Waals surface area contributed by atoms with Gasteiger partial charge in [-0.05, 0) is 31.2 Å². The smallest absolute Gasteiger partial charge is 0.257 e. The maximum absolute atomic E-state index is 12.9. The van der Waals surface area contributed by atoms with Crippen LogP contribution in [-0.4, -0.2) is 23.4 Å². The Morgan fingerprint density at radius 2 is 1.42 bits per heavy atom. The minimum Gasteiger partial charge on any atom is -0.274 e. The average molecular weight is 347 g/mol. The average Bonchev–Trinajstić information content (AvgIpc) is 3.11. The van der Waals surface area contributed by atoms with E-state index < -0.39 is 11.8 Å². The lowest BCUT2D eigenvalue weighted by molar-refractivity contribution is -0.127. The number of anilines is 2. The van der Waals surface area contributed by atoms with E-state index in [1.54, 1.807) is 43.3 Å². The highest BCUT2D eigenvalue weighted by Crippen LogP contribution is 2.36. The quantitative estimate of drug-likeness (QED) is 0.802. The van der Waals surface area contributed by atoms with Crippen molar-refractivity contribution < 1.29 is 14.4 Å². The molecule has 2 unspecified atom stereocenters. The topological polar surface area (TPSA) is 70.1 Å². The van der Waals surface area contributed by atoms with E-state index in [1.807, 2.05) is 24.3 Å². The predicted octanol–water partition coefficient (Wildman–Crippen LogP) is 2.61. The second-order valence-corrected chi connectivity index (χ2v) is 6.42. The van der Waals surface area contributed by atoms with E-state index >= 15 is 0 Å². The van der Waals surface area contributed by atoms with Crippen LogP contribution in [0.4, 0.5) is 11.4 Å². The lowest BCUT2D eigenvalue weighted by Crippen LogP contribution is -2.37. The van der Waals surface area contributed by atoms with Gasteiger partial charge in [0.2, 0.25) is 11.8 Å². The van der Waals surface area contributed by atoms with Gasteiger partial charge in [-0.2, -0.15) is 5.10 Å². The van der Waals surface area contributed by atoms with Gasteiger partial charge in [0.1, 0.15) is 0 Å². The van der Waals surface area contributed by atoms with Crippen molar-refractivity contribution in [3.63, 3.8) is 0 Å². The molecule has 2 aliphatic heterocycles. The maximum Gasteiger partial charge on any atom is 0.257 e. The maximum atomic E-state index is 12.9. The van der Waals surface area contributed by atoms with Crippen LogP contribution in [0.3, 0.4) is 0 Å². The Morgan fingerprint density at radius 3 is 2.04 bits per heavy atom. The van der Waals surface area contributed by atoms with Gasteiger partial charge in [0, 0.05) is 12.1 Å². The largest absolute Gasteiger partial charge is 0.274 e. The third kappa shape index (κ3) is 2.50. The standard InChI is InChI=1S/C20H17N3O3/c1-13-18(20(26)23(21-13)15-10-6-3-7-11-15)16-12-17(24)22(19(16)25)14-8-4-2-5-9-14/h2-11,16,18H,12H2,1H3. The van der Waals surface area contributed by atoms with Crippen LogP contribution in [0.25, 0.3) is 0 Å². The predicted molar refractivity (Wildman–Crippen MR) is 97.6 cm³/mol. The number of para-hydroxylation sites is 2. The fourth-order valence-electron chi connectivity index (χ4n) is 3.56. The summed E-state index contributed by atoms with van der Waals surface area (Å²) in [7, 11) is 0. The van der Waals surface area contributed by atoms with Crippen LogP contribution >= 0.6 is 0 Å². The van der Waals surface area contributed by atoms with Crippen LogP contribution in [0, 0.1) is 11.8 Å². The molecule has 2 heterocycles. The summed E-state index contributed by atoms with van der Waals surface area (Å²) < 4.78 is 0. The molecule has 130 valence electrons. The Bertz CT molecular complexity index is 908. The molecule has 26 heavy (non-hydrogen) atoms. The number of hydrazone groups is 1. The molecule has 2 aromatic rings. The van der Waals surface area contributed by atoms with E-state index in [9.17, 15) is 14.4 Å². The Morgan fingerprint density at radius 1 is 0.846 bits per heavy atom. The number of rotatable bonds is 3. The Labute approximate surface area is 150 Å². The molecule has 1 fully saturated rings. The number of hydrogen-bond acceptors (Lipinski definition) is 4. The van der Waals surface area contributed by atoms with Gasteiger partial charge < -0.3 is 0 Å². The van der Waals surface area contributed by atoms with E-state index in [1.165, 1.54) is 9.91 Å². The first-order chi connectivity index (χ1) is 12.6. The van der Waals surface area contributed by atoms with Gasteiger partial charge in [-0.25, -0.2) is 5.01 Å². The van der Waals surface area contributed by atoms with E-state index in [0.717, 1.165) is 0 Å². The molecule has 0 N–H and O–H groups in total. The van der Waals surface area contributed by atoms with Gasteiger partial charge in [0.25, 0.3) is 5.91 Å². The molecule has 0 bridgehead atoms. The summed E-state index contributed by atoms with van der Waals surface area (Å²) in [5, 5.41) is 5.66. The van der Waals surface area contributed by atoms with Crippen LogP contribution in [-0.2, 0) is 14.4 Å². The van der Waals surface area contributed by atoms with Gasteiger partial charge in [0.05, 0.1) is 23.2 Å². The molecule has 1 saturated heterocycles. The summed E-state index contributed by atoms with van der Waals surface area (Å²) in [4.78, 5) is 39.5. The summed E-state index contributed by atoms with van der Waals surface area (Å²) in [5.74, 6) is -2.32. The number of imide groups is 1. The summed E-state index contributed by atoms with van der Waals surface area (Å²) in [6, 6.07) is 17.9. The Hall–Kier alpha value is -3.28. The summed E-state index contributed by atoms with van der Waals surface area (Å²) in [6.07, 6.45) is 0.0135. The fraction of sp³-hybridized carbons (Fsp3) is 0.200. The van der Waals surface area contributed by atoms with Crippen molar-refractivity contribution in [3.05, 3.63) is 60.7 Å². The second kappa shape index (κ2) is 6.22. The van der Waals surface area contributed by atoms with Gasteiger partial charge in [-0.1, -0.05) is 36.4 Å². The highest BCUT2D eigenvalue weighted by atomic mass is 16.2. The highest BCUT2D eigenvalue weighted by Gasteiger charge is 2.50. The van der Waals surface area contributed by atoms with Crippen LogP contribution in [0.2, 0.25) is 0 Å². The number of benzene rings is 2. The Kier molecular flexibility index (Phi) is 3.88. The zero-order chi connectivity index (χ0) is 18.3. The molecule has 3 amide bonds. The summed E-state index contributed by atoms with van der Waals surface area (Å²) in [5.41, 5.74) is 1.74. The lowest BCUT2D eigenvalue weighted by atomic mass is 9.87. The number of hydrogen-bond donors (Lipinski definition) is 0. The van der Waals surface area contributed by atoms with Crippen molar-refractivity contribution in [2.45, 2.75) is 13.3 Å². The van der Waals surface area contributed by atoms with E-state index in [2.05, 4.69) is 5.10 Å². The van der Waals surface area contributed by atoms with Crippen LogP contribution < -0.4 is 9.91 Å². The van der Waals surface area contributed by atoms with E-state index in [-0.39, 0.29) is 24.1 Å². The molecule has 2 aromatic carbocycles. The third-order valence-electron chi connectivity index (χ3n) is 4.78. The molecule has 6 nitrogen and oxygen atoms in total. The van der Waals surface area contributed by atoms with Crippen molar-refractivity contribution in [1.82, 2.24) is 0 Å². The van der Waals surface area contributed by atoms with Crippen molar-refractivity contribution in [2.24, 2.45) is 16.9 Å². The fourth-order valence-corrected chi connectivity index (χ4v) is 3.56. The normalized spacial score (nSPS) is 23.0. The zero-order valence-electron chi connectivity index (χ0n) is 14.2. The van der Waals surface area contributed by atoms with Crippen molar-refractivity contribution in [1.29, 1.82) is 0 Å².